The Balaban J connectivity index is 1.42. The molecule has 37 heavy (non-hydrogen) atoms. The van der Waals surface area contributed by atoms with Crippen LogP contribution in [0.5, 0.6) is 0 Å². The van der Waals surface area contributed by atoms with Gasteiger partial charge in [-0.1, -0.05) is 72.8 Å². The average molecular weight is 509 g/mol. The van der Waals surface area contributed by atoms with Crippen LogP contribution >= 0.6 is 0 Å². The molecule has 1 heterocycles. The van der Waals surface area contributed by atoms with Crippen molar-refractivity contribution in [3.8, 4) is 0 Å². The summed E-state index contributed by atoms with van der Waals surface area (Å²) in [5.41, 5.74) is 1.05. The van der Waals surface area contributed by atoms with Crippen molar-refractivity contribution in [1.82, 2.24) is 10.2 Å². The lowest BCUT2D eigenvalue weighted by Gasteiger charge is -2.41. The van der Waals surface area contributed by atoms with Gasteiger partial charge in [-0.05, 0) is 54.5 Å². The maximum Gasteiger partial charge on any atom is 0.416 e. The van der Waals surface area contributed by atoms with E-state index in [1.165, 1.54) is 6.07 Å². The van der Waals surface area contributed by atoms with Gasteiger partial charge in [-0.25, -0.2) is 0 Å². The van der Waals surface area contributed by atoms with Gasteiger partial charge in [0.15, 0.2) is 0 Å². The summed E-state index contributed by atoms with van der Waals surface area (Å²) in [6, 6.07) is 24.6. The molecule has 0 unspecified atom stereocenters. The van der Waals surface area contributed by atoms with Gasteiger partial charge in [0.2, 0.25) is 11.8 Å². The number of likely N-dealkylation sites (tertiary alicyclic amines) is 1. The minimum absolute atomic E-state index is 0.0129. The van der Waals surface area contributed by atoms with E-state index in [-0.39, 0.29) is 18.4 Å². The molecule has 194 valence electrons. The van der Waals surface area contributed by atoms with Crippen molar-refractivity contribution in [2.45, 2.75) is 44.8 Å². The predicted octanol–water partition coefficient (Wildman–Crippen LogP) is 5.81. The number of nitrogens with one attached hydrogen (secondary N) is 1. The summed E-state index contributed by atoms with van der Waals surface area (Å²) in [6.45, 7) is 0.952. The SMILES string of the molecule is O=C(CCc1ccccc1)N1CCC(Cc2ccccc2)(C(=O)NCc2cccc(C(F)(F)F)c2)CC1. The van der Waals surface area contributed by atoms with Crippen LogP contribution in [0, 0.1) is 5.41 Å². The molecule has 0 bridgehead atoms. The van der Waals surface area contributed by atoms with Crippen LogP contribution in [0.2, 0.25) is 0 Å². The average Bonchev–Trinajstić information content (AvgIpc) is 2.91. The smallest absolute Gasteiger partial charge is 0.352 e. The van der Waals surface area contributed by atoms with Crippen LogP contribution in [-0.4, -0.2) is 29.8 Å². The first kappa shape index (κ1) is 26.5. The van der Waals surface area contributed by atoms with Crippen molar-refractivity contribution in [1.29, 1.82) is 0 Å². The molecule has 1 fully saturated rings. The van der Waals surface area contributed by atoms with Gasteiger partial charge in [0.1, 0.15) is 0 Å². The third-order valence-corrected chi connectivity index (χ3v) is 7.12. The highest BCUT2D eigenvalue weighted by Gasteiger charge is 2.42. The minimum atomic E-state index is -4.44. The second kappa shape index (κ2) is 11.6. The van der Waals surface area contributed by atoms with E-state index in [0.29, 0.717) is 50.8 Å². The molecule has 3 aromatic carbocycles. The number of nitrogens with zero attached hydrogens (tertiary/aromatic N) is 1. The largest absolute Gasteiger partial charge is 0.416 e. The second-order valence-corrected chi connectivity index (χ2v) is 9.69. The molecular formula is C30H31F3N2O2. The van der Waals surface area contributed by atoms with Crippen LogP contribution in [-0.2, 0) is 35.2 Å². The van der Waals surface area contributed by atoms with E-state index in [0.717, 1.165) is 23.3 Å². The number of carbonyl (C=O) groups is 2. The second-order valence-electron chi connectivity index (χ2n) is 9.69. The van der Waals surface area contributed by atoms with E-state index in [4.69, 9.17) is 0 Å². The summed E-state index contributed by atoms with van der Waals surface area (Å²) in [6.07, 6.45) is -1.86. The zero-order valence-corrected chi connectivity index (χ0v) is 20.6. The van der Waals surface area contributed by atoms with Crippen LogP contribution < -0.4 is 5.32 Å². The number of carbonyl (C=O) groups excluding carboxylic acids is 2. The Bertz CT molecular complexity index is 1190. The van der Waals surface area contributed by atoms with Gasteiger partial charge in [0, 0.05) is 26.1 Å². The fourth-order valence-electron chi connectivity index (χ4n) is 4.94. The molecule has 1 saturated heterocycles. The molecule has 4 rings (SSSR count). The zero-order valence-electron chi connectivity index (χ0n) is 20.6. The lowest BCUT2D eigenvalue weighted by atomic mass is 9.72. The van der Waals surface area contributed by atoms with Gasteiger partial charge in [-0.2, -0.15) is 13.2 Å². The van der Waals surface area contributed by atoms with E-state index < -0.39 is 17.2 Å². The number of rotatable bonds is 8. The highest BCUT2D eigenvalue weighted by Crippen LogP contribution is 2.36. The number of piperidine rings is 1. The maximum atomic E-state index is 13.5. The monoisotopic (exact) mass is 508 g/mol. The first-order valence-corrected chi connectivity index (χ1v) is 12.6. The van der Waals surface area contributed by atoms with E-state index >= 15 is 0 Å². The van der Waals surface area contributed by atoms with Crippen LogP contribution in [0.1, 0.15) is 41.5 Å². The molecule has 0 aliphatic carbocycles. The molecule has 3 aromatic rings. The molecule has 0 atom stereocenters. The highest BCUT2D eigenvalue weighted by atomic mass is 19.4. The fourth-order valence-corrected chi connectivity index (χ4v) is 4.94. The van der Waals surface area contributed by atoms with Crippen LogP contribution in [0.4, 0.5) is 13.2 Å². The van der Waals surface area contributed by atoms with Crippen LogP contribution in [0.25, 0.3) is 0 Å². The summed E-state index contributed by atoms with van der Waals surface area (Å²) in [5, 5.41) is 2.89. The number of alkyl halides is 3. The summed E-state index contributed by atoms with van der Waals surface area (Å²) in [4.78, 5) is 28.2. The topological polar surface area (TPSA) is 49.4 Å². The van der Waals surface area contributed by atoms with E-state index in [1.807, 2.05) is 65.6 Å². The molecule has 7 heteroatoms. The van der Waals surface area contributed by atoms with Crippen molar-refractivity contribution in [3.05, 3.63) is 107 Å². The molecule has 2 amide bonds. The Morgan fingerprint density at radius 3 is 2.03 bits per heavy atom. The fraction of sp³-hybridized carbons (Fsp3) is 0.333. The van der Waals surface area contributed by atoms with E-state index in [9.17, 15) is 22.8 Å². The Morgan fingerprint density at radius 2 is 1.41 bits per heavy atom. The first-order chi connectivity index (χ1) is 17.7. The molecule has 0 aromatic heterocycles. The quantitative estimate of drug-likeness (QED) is 0.418. The van der Waals surface area contributed by atoms with E-state index in [1.54, 1.807) is 6.07 Å². The minimum Gasteiger partial charge on any atom is -0.352 e. The molecule has 0 saturated carbocycles. The number of benzene rings is 3. The van der Waals surface area contributed by atoms with Crippen molar-refractivity contribution in [3.63, 3.8) is 0 Å². The predicted molar refractivity (Wildman–Crippen MR) is 136 cm³/mol. The summed E-state index contributed by atoms with van der Waals surface area (Å²) in [5.74, 6) is -0.119. The van der Waals surface area contributed by atoms with Crippen molar-refractivity contribution in [2.75, 3.05) is 13.1 Å². The number of hydrogen-bond donors (Lipinski definition) is 1. The third-order valence-electron chi connectivity index (χ3n) is 7.12. The van der Waals surface area contributed by atoms with Gasteiger partial charge < -0.3 is 10.2 Å². The number of halogens is 3. The standard InChI is InChI=1S/C30H31F3N2O2/c31-30(32,33)26-13-7-12-25(20-26)22-34-28(37)29(21-24-10-5-2-6-11-24)16-18-35(19-17-29)27(36)15-14-23-8-3-1-4-9-23/h1-13,20H,14-19,21-22H2,(H,34,37). The number of aryl methyl sites for hydroxylation is 1. The molecule has 0 spiro atoms. The van der Waals surface area contributed by atoms with Gasteiger partial charge >= 0.3 is 6.18 Å². The molecular weight excluding hydrogens is 477 g/mol. The number of amides is 2. The summed E-state index contributed by atoms with van der Waals surface area (Å²) in [7, 11) is 0. The van der Waals surface area contributed by atoms with Crippen molar-refractivity contribution < 1.29 is 22.8 Å². The lowest BCUT2D eigenvalue weighted by Crippen LogP contribution is -2.51. The van der Waals surface area contributed by atoms with Crippen LogP contribution in [0.15, 0.2) is 84.9 Å². The Morgan fingerprint density at radius 1 is 0.811 bits per heavy atom. The summed E-state index contributed by atoms with van der Waals surface area (Å²) < 4.78 is 39.3. The summed E-state index contributed by atoms with van der Waals surface area (Å²) >= 11 is 0. The molecule has 1 aliphatic heterocycles. The number of hydrogen-bond acceptors (Lipinski definition) is 2. The Kier molecular flexibility index (Phi) is 8.31. The Hall–Kier alpha value is -3.61. The van der Waals surface area contributed by atoms with Crippen molar-refractivity contribution >= 4 is 11.8 Å². The maximum absolute atomic E-state index is 13.5. The Labute approximate surface area is 215 Å². The van der Waals surface area contributed by atoms with Crippen molar-refractivity contribution in [2.24, 2.45) is 5.41 Å². The van der Waals surface area contributed by atoms with Crippen LogP contribution in [0.3, 0.4) is 0 Å². The highest BCUT2D eigenvalue weighted by molar-refractivity contribution is 5.84. The molecule has 0 radical (unpaired) electrons. The molecule has 1 N–H and O–H groups in total. The van der Waals surface area contributed by atoms with Gasteiger partial charge in [-0.3, -0.25) is 9.59 Å². The lowest BCUT2D eigenvalue weighted by molar-refractivity contribution is -0.140. The van der Waals surface area contributed by atoms with Gasteiger partial charge in [0.05, 0.1) is 11.0 Å². The zero-order chi connectivity index (χ0) is 26.3. The molecule has 4 nitrogen and oxygen atoms in total. The first-order valence-electron chi connectivity index (χ1n) is 12.6. The van der Waals surface area contributed by atoms with Gasteiger partial charge in [-0.15, -0.1) is 0 Å². The van der Waals surface area contributed by atoms with Gasteiger partial charge in [0.25, 0.3) is 0 Å². The third kappa shape index (κ3) is 7.00. The normalized spacial score (nSPS) is 15.3. The van der Waals surface area contributed by atoms with E-state index in [2.05, 4.69) is 5.32 Å². The molecule has 1 aliphatic rings.